The first kappa shape index (κ1) is 36.5. The van der Waals surface area contributed by atoms with Crippen LogP contribution < -0.4 is 17.2 Å². The Kier molecular flexibility index (Phi) is 13.6. The summed E-state index contributed by atoms with van der Waals surface area (Å²) in [6, 6.07) is -4.18. The topological polar surface area (TPSA) is 303 Å². The molecule has 17 nitrogen and oxygen atoms in total. The van der Waals surface area contributed by atoms with E-state index in [0.29, 0.717) is 6.42 Å². The van der Waals surface area contributed by atoms with Gasteiger partial charge in [-0.1, -0.05) is 32.6 Å². The monoisotopic (exact) mass is 627 g/mol. The van der Waals surface area contributed by atoms with Gasteiger partial charge in [-0.05, 0) is 6.42 Å². The molecule has 0 aromatic carbocycles. The summed E-state index contributed by atoms with van der Waals surface area (Å²) in [4.78, 5) is 13.2. The van der Waals surface area contributed by atoms with Crippen LogP contribution in [0.2, 0.25) is 0 Å². The van der Waals surface area contributed by atoms with E-state index in [9.17, 15) is 45.6 Å². The van der Waals surface area contributed by atoms with E-state index in [0.717, 1.165) is 25.7 Å². The van der Waals surface area contributed by atoms with Crippen LogP contribution in [0.4, 0.5) is 0 Å². The van der Waals surface area contributed by atoms with Gasteiger partial charge in [0.15, 0.2) is 30.3 Å². The van der Waals surface area contributed by atoms with E-state index in [1.165, 1.54) is 0 Å². The lowest BCUT2D eigenvalue weighted by molar-refractivity contribution is -0.355. The predicted molar refractivity (Wildman–Crippen MR) is 144 cm³/mol. The second-order valence-electron chi connectivity index (χ2n) is 11.4. The summed E-state index contributed by atoms with van der Waals surface area (Å²) in [6.45, 7) is -0.402. The molecule has 0 aromatic rings. The number of unbranched alkanes of at least 4 members (excludes halogenated alkanes) is 4. The third kappa shape index (κ3) is 7.71. The Morgan fingerprint density at radius 2 is 1.28 bits per heavy atom. The summed E-state index contributed by atoms with van der Waals surface area (Å²) < 4.78 is 28.2. The number of nitrogens with two attached hydrogens (primary N) is 3. The molecule has 0 amide bonds. The summed E-state index contributed by atoms with van der Waals surface area (Å²) in [5.41, 5.74) is 15.7. The highest BCUT2D eigenvalue weighted by atomic mass is 16.7. The predicted octanol–water partition coefficient (Wildman–Crippen LogP) is -5.37. The molecule has 0 aromatic heterocycles. The lowest BCUT2D eigenvalue weighted by Crippen LogP contribution is -2.73. The smallest absolute Gasteiger partial charge is 0.180 e. The molecule has 3 heterocycles. The fourth-order valence-corrected chi connectivity index (χ4v) is 5.63. The van der Waals surface area contributed by atoms with Crippen LogP contribution in [0.1, 0.15) is 45.4 Å². The van der Waals surface area contributed by atoms with E-state index in [1.807, 2.05) is 6.92 Å². The Hall–Kier alpha value is -0.970. The lowest BCUT2D eigenvalue weighted by atomic mass is 9.81. The summed E-state index contributed by atoms with van der Waals surface area (Å²) >= 11 is 0. The third-order valence-electron chi connectivity index (χ3n) is 8.45. The van der Waals surface area contributed by atoms with E-state index in [4.69, 9.17) is 40.9 Å². The van der Waals surface area contributed by atoms with Crippen LogP contribution in [-0.4, -0.2) is 158 Å². The maximum atomic E-state index is 13.2. The quantitative estimate of drug-likeness (QED) is 0.0801. The van der Waals surface area contributed by atoms with E-state index in [-0.39, 0.29) is 6.42 Å². The third-order valence-corrected chi connectivity index (χ3v) is 8.45. The van der Waals surface area contributed by atoms with Gasteiger partial charge >= 0.3 is 0 Å². The molecule has 252 valence electrons. The van der Waals surface area contributed by atoms with Crippen molar-refractivity contribution in [3.8, 4) is 0 Å². The molecule has 0 radical (unpaired) electrons. The number of carbonyl (C=O) groups is 1. The highest BCUT2D eigenvalue weighted by molar-refractivity contribution is 5.88. The van der Waals surface area contributed by atoms with Crippen molar-refractivity contribution >= 4 is 5.78 Å². The van der Waals surface area contributed by atoms with Gasteiger partial charge in [-0.15, -0.1) is 0 Å². The summed E-state index contributed by atoms with van der Waals surface area (Å²) in [7, 11) is 0. The molecule has 15 atom stereocenters. The minimum Gasteiger partial charge on any atom is -0.394 e. The van der Waals surface area contributed by atoms with Gasteiger partial charge in [-0.2, -0.15) is 0 Å². The molecule has 43 heavy (non-hydrogen) atoms. The number of ether oxygens (including phenoxy) is 5. The second-order valence-corrected chi connectivity index (χ2v) is 11.4. The van der Waals surface area contributed by atoms with Crippen molar-refractivity contribution in [2.75, 3.05) is 19.8 Å². The first-order valence-corrected chi connectivity index (χ1v) is 14.7. The fraction of sp³-hybridized carbons (Fsp3) is 0.962. The molecule has 2 unspecified atom stereocenters. The zero-order valence-electron chi connectivity index (χ0n) is 24.2. The molecular weight excluding hydrogens is 578 g/mol. The first-order chi connectivity index (χ1) is 20.4. The second kappa shape index (κ2) is 16.0. The first-order valence-electron chi connectivity index (χ1n) is 14.7. The summed E-state index contributed by atoms with van der Waals surface area (Å²) in [5.74, 6) is -0.669. The normalized spacial score (nSPS) is 45.7. The molecule has 14 N–H and O–H groups in total. The van der Waals surface area contributed by atoms with Crippen molar-refractivity contribution in [2.24, 2.45) is 17.2 Å². The van der Waals surface area contributed by atoms with Crippen LogP contribution in [0, 0.1) is 0 Å². The molecule has 0 bridgehead atoms. The zero-order valence-corrected chi connectivity index (χ0v) is 24.2. The van der Waals surface area contributed by atoms with Crippen LogP contribution in [-0.2, 0) is 28.5 Å². The molecule has 3 saturated heterocycles. The van der Waals surface area contributed by atoms with Gasteiger partial charge in [-0.25, -0.2) is 0 Å². The molecular formula is C26H49N3O14. The maximum absolute atomic E-state index is 13.2. The average Bonchev–Trinajstić information content (AvgIpc) is 3.00. The van der Waals surface area contributed by atoms with Crippen molar-refractivity contribution < 1.29 is 69.3 Å². The number of Topliss-reactive ketones (excluding diaryl/α,β-unsaturated/α-hetero) is 1. The Labute approximate surface area is 249 Å². The number of aliphatic hydroxyl groups is 8. The highest BCUT2D eigenvalue weighted by Crippen LogP contribution is 2.35. The summed E-state index contributed by atoms with van der Waals surface area (Å²) in [5, 5.41) is 82.8. The van der Waals surface area contributed by atoms with E-state index < -0.39 is 117 Å². The molecule has 0 saturated carbocycles. The van der Waals surface area contributed by atoms with E-state index in [1.54, 1.807) is 0 Å². The van der Waals surface area contributed by atoms with Gasteiger partial charge in [0, 0.05) is 6.42 Å². The number of ketones is 1. The fourth-order valence-electron chi connectivity index (χ4n) is 5.63. The number of aliphatic hydroxyl groups excluding tert-OH is 8. The van der Waals surface area contributed by atoms with Crippen molar-refractivity contribution in [2.45, 2.75) is 137 Å². The average molecular weight is 628 g/mol. The molecule has 3 rings (SSSR count). The van der Waals surface area contributed by atoms with Crippen molar-refractivity contribution in [1.29, 1.82) is 0 Å². The van der Waals surface area contributed by atoms with Gasteiger partial charge in [0.2, 0.25) is 0 Å². The minimum absolute atomic E-state index is 0.0550. The number of hydrogen-bond donors (Lipinski definition) is 11. The Morgan fingerprint density at radius 3 is 1.86 bits per heavy atom. The molecule has 0 spiro atoms. The molecule has 3 aliphatic heterocycles. The van der Waals surface area contributed by atoms with Crippen LogP contribution in [0.15, 0.2) is 0 Å². The highest BCUT2D eigenvalue weighted by Gasteiger charge is 2.58. The van der Waals surface area contributed by atoms with Crippen molar-refractivity contribution in [1.82, 2.24) is 0 Å². The largest absolute Gasteiger partial charge is 0.394 e. The molecule has 17 heteroatoms. The lowest BCUT2D eigenvalue weighted by Gasteiger charge is -2.50. The van der Waals surface area contributed by atoms with Gasteiger partial charge in [-0.3, -0.25) is 4.79 Å². The number of rotatable bonds is 14. The molecule has 0 aliphatic carbocycles. The number of hydrogen-bond acceptors (Lipinski definition) is 17. The minimum atomic E-state index is -2.27. The van der Waals surface area contributed by atoms with Gasteiger partial charge < -0.3 is 81.7 Å². The van der Waals surface area contributed by atoms with Crippen LogP contribution >= 0.6 is 0 Å². The van der Waals surface area contributed by atoms with Crippen LogP contribution in [0.25, 0.3) is 0 Å². The van der Waals surface area contributed by atoms with Crippen molar-refractivity contribution in [3.63, 3.8) is 0 Å². The Bertz CT molecular complexity index is 873. The van der Waals surface area contributed by atoms with E-state index in [2.05, 4.69) is 0 Å². The van der Waals surface area contributed by atoms with Crippen LogP contribution in [0.3, 0.4) is 0 Å². The van der Waals surface area contributed by atoms with E-state index >= 15 is 0 Å². The van der Waals surface area contributed by atoms with Gasteiger partial charge in [0.05, 0.1) is 37.9 Å². The maximum Gasteiger partial charge on any atom is 0.180 e. The number of carbonyl (C=O) groups excluding carboxylic acids is 1. The SMILES string of the molecule is CCCCCCCC(=O)[C@]1(CO)O[C@H](OC2[C@@H](CO)O[C@@H](OC3[C@@H](CO)O[C@@H](O)[C@H](N)[C@H]3O)[C@H](N)[C@H]2O)[C@H](N)[C@@H](O)[C@@H]1O. The molecule has 3 aliphatic rings. The van der Waals surface area contributed by atoms with Crippen LogP contribution in [0.5, 0.6) is 0 Å². The van der Waals surface area contributed by atoms with Crippen molar-refractivity contribution in [3.05, 3.63) is 0 Å². The standard InChI is InChI=1S/C26H49N3O14/c1-2-3-4-5-6-7-13(33)26(10-32)22(37)19(36)16(29)25(43-26)42-21-12(9-31)40-24(15(28)18(21)35)41-20-11(8-30)39-23(38)14(27)17(20)34/h11-12,14-25,30-32,34-38H,2-10,27-29H2,1H3/t11-,12-,14-,15-,16-,17-,18-,19-,20?,21?,22+,23-,24+,25+,26+/m1/s1. The van der Waals surface area contributed by atoms with Gasteiger partial charge in [0.25, 0.3) is 0 Å². The summed E-state index contributed by atoms with van der Waals surface area (Å²) in [6.07, 6.45) is -13.1. The molecule has 3 fully saturated rings. The Morgan fingerprint density at radius 1 is 0.744 bits per heavy atom. The Balaban J connectivity index is 1.75. The van der Waals surface area contributed by atoms with Gasteiger partial charge in [0.1, 0.15) is 48.8 Å². The zero-order chi connectivity index (χ0) is 32.1.